The van der Waals surface area contributed by atoms with Crippen LogP contribution in [0.4, 0.5) is 5.69 Å². The van der Waals surface area contributed by atoms with Gasteiger partial charge in [-0.2, -0.15) is 9.55 Å². The van der Waals surface area contributed by atoms with Gasteiger partial charge >= 0.3 is 11.4 Å². The molecule has 0 saturated carbocycles. The molecular weight excluding hydrogens is 338 g/mol. The van der Waals surface area contributed by atoms with Gasteiger partial charge in [-0.15, -0.1) is 0 Å². The Hall–Kier alpha value is -3.26. The summed E-state index contributed by atoms with van der Waals surface area (Å²) in [6.07, 6.45) is 0. The normalized spacial score (nSPS) is 10.5. The van der Waals surface area contributed by atoms with Crippen molar-refractivity contribution in [2.24, 2.45) is 0 Å². The van der Waals surface area contributed by atoms with E-state index >= 15 is 0 Å². The summed E-state index contributed by atoms with van der Waals surface area (Å²) in [5.74, 6) is -1.27. The van der Waals surface area contributed by atoms with Crippen LogP contribution in [0.5, 0.6) is 0 Å². The zero-order chi connectivity index (χ0) is 17.3. The molecule has 0 fully saturated rings. The van der Waals surface area contributed by atoms with Crippen LogP contribution in [0.15, 0.2) is 62.5 Å². The molecule has 8 nitrogen and oxygen atoms in total. The standard InChI is InChI=1S/C15H8ClN3O5/c16-10-4-2-5-11(8-10)18-14(20)17-13(24-15(18)21)9-3-1-6-12(7-9)19(22)23/h1-8H. The van der Waals surface area contributed by atoms with Crippen molar-refractivity contribution in [2.45, 2.75) is 0 Å². The molecule has 0 saturated heterocycles. The van der Waals surface area contributed by atoms with Crippen LogP contribution in [0.1, 0.15) is 0 Å². The molecule has 0 radical (unpaired) electrons. The topological polar surface area (TPSA) is 108 Å². The fraction of sp³-hybridized carbons (Fsp3) is 0. The van der Waals surface area contributed by atoms with Crippen molar-refractivity contribution in [1.82, 2.24) is 9.55 Å². The van der Waals surface area contributed by atoms with Gasteiger partial charge < -0.3 is 4.42 Å². The Bertz CT molecular complexity index is 1030. The number of hydrogen-bond acceptors (Lipinski definition) is 6. The second-order valence-corrected chi connectivity index (χ2v) is 5.13. The number of nitro benzene ring substituents is 1. The summed E-state index contributed by atoms with van der Waals surface area (Å²) in [6, 6.07) is 11.3. The Morgan fingerprint density at radius 2 is 1.88 bits per heavy atom. The molecular formula is C15H8ClN3O5. The maximum atomic E-state index is 12.2. The van der Waals surface area contributed by atoms with E-state index in [-0.39, 0.29) is 22.8 Å². The molecule has 0 unspecified atom stereocenters. The highest BCUT2D eigenvalue weighted by Crippen LogP contribution is 2.20. The van der Waals surface area contributed by atoms with E-state index in [0.29, 0.717) is 9.59 Å². The highest BCUT2D eigenvalue weighted by atomic mass is 35.5. The van der Waals surface area contributed by atoms with Crippen molar-refractivity contribution in [1.29, 1.82) is 0 Å². The fourth-order valence-corrected chi connectivity index (χ4v) is 2.26. The van der Waals surface area contributed by atoms with Gasteiger partial charge in [0.15, 0.2) is 0 Å². The highest BCUT2D eigenvalue weighted by molar-refractivity contribution is 6.30. The monoisotopic (exact) mass is 345 g/mol. The molecule has 0 aliphatic heterocycles. The first-order valence-electron chi connectivity index (χ1n) is 6.61. The van der Waals surface area contributed by atoms with Gasteiger partial charge in [-0.05, 0) is 24.3 Å². The number of non-ortho nitro benzene ring substituents is 1. The maximum Gasteiger partial charge on any atom is 0.429 e. The minimum atomic E-state index is -0.973. The molecule has 1 aromatic heterocycles. The average Bonchev–Trinajstić information content (AvgIpc) is 2.54. The number of hydrogen-bond donors (Lipinski definition) is 0. The average molecular weight is 346 g/mol. The van der Waals surface area contributed by atoms with E-state index in [1.165, 1.54) is 30.3 Å². The van der Waals surface area contributed by atoms with Gasteiger partial charge in [-0.1, -0.05) is 23.7 Å². The largest absolute Gasteiger partial charge is 0.429 e. The summed E-state index contributed by atoms with van der Waals surface area (Å²) < 4.78 is 5.75. The van der Waals surface area contributed by atoms with Crippen LogP contribution in [0, 0.1) is 10.1 Å². The smallest absolute Gasteiger partial charge is 0.390 e. The summed E-state index contributed by atoms with van der Waals surface area (Å²) in [4.78, 5) is 38.2. The Morgan fingerprint density at radius 3 is 2.54 bits per heavy atom. The predicted molar refractivity (Wildman–Crippen MR) is 85.5 cm³/mol. The lowest BCUT2D eigenvalue weighted by molar-refractivity contribution is -0.384. The maximum absolute atomic E-state index is 12.2. The zero-order valence-corrected chi connectivity index (χ0v) is 12.6. The number of halogens is 1. The molecule has 0 aliphatic carbocycles. The predicted octanol–water partition coefficient (Wildman–Crippen LogP) is 2.41. The molecule has 9 heteroatoms. The molecule has 3 rings (SSSR count). The van der Waals surface area contributed by atoms with Crippen LogP contribution in [-0.4, -0.2) is 14.5 Å². The van der Waals surface area contributed by atoms with Gasteiger partial charge in [0, 0.05) is 22.7 Å². The van der Waals surface area contributed by atoms with E-state index in [1.54, 1.807) is 12.1 Å². The van der Waals surface area contributed by atoms with Gasteiger partial charge in [-0.3, -0.25) is 10.1 Å². The quantitative estimate of drug-likeness (QED) is 0.532. The van der Waals surface area contributed by atoms with Gasteiger partial charge in [0.25, 0.3) is 5.69 Å². The van der Waals surface area contributed by atoms with Crippen LogP contribution in [0.2, 0.25) is 5.02 Å². The minimum Gasteiger partial charge on any atom is -0.390 e. The first-order valence-corrected chi connectivity index (χ1v) is 6.98. The number of benzene rings is 2. The molecule has 2 aromatic carbocycles. The summed E-state index contributed by atoms with van der Waals surface area (Å²) in [6.45, 7) is 0. The summed E-state index contributed by atoms with van der Waals surface area (Å²) in [5, 5.41) is 11.1. The molecule has 1 heterocycles. The molecule has 3 aromatic rings. The second kappa shape index (κ2) is 6.09. The first-order chi connectivity index (χ1) is 11.5. The van der Waals surface area contributed by atoms with Crippen LogP contribution in [-0.2, 0) is 0 Å². The van der Waals surface area contributed by atoms with Crippen molar-refractivity contribution in [3.8, 4) is 17.1 Å². The fourth-order valence-electron chi connectivity index (χ4n) is 2.07. The molecule has 0 amide bonds. The summed E-state index contributed by atoms with van der Waals surface area (Å²) >= 11 is 5.84. The Labute approximate surface area is 138 Å². The minimum absolute atomic E-state index is 0.150. The van der Waals surface area contributed by atoms with E-state index in [9.17, 15) is 19.7 Å². The number of rotatable bonds is 3. The zero-order valence-electron chi connectivity index (χ0n) is 11.9. The Morgan fingerprint density at radius 1 is 1.12 bits per heavy atom. The van der Waals surface area contributed by atoms with Gasteiger partial charge in [0.05, 0.1) is 10.6 Å². The molecule has 0 N–H and O–H groups in total. The van der Waals surface area contributed by atoms with Crippen LogP contribution < -0.4 is 11.4 Å². The molecule has 0 atom stereocenters. The van der Waals surface area contributed by atoms with E-state index in [0.717, 1.165) is 6.07 Å². The van der Waals surface area contributed by atoms with Gasteiger partial charge in [-0.25, -0.2) is 9.59 Å². The molecule has 0 bridgehead atoms. The van der Waals surface area contributed by atoms with Crippen molar-refractivity contribution in [3.05, 3.63) is 84.7 Å². The Kier molecular flexibility index (Phi) is 3.97. The third-order valence-corrected chi connectivity index (χ3v) is 3.36. The number of nitro groups is 1. The summed E-state index contributed by atoms with van der Waals surface area (Å²) in [7, 11) is 0. The van der Waals surface area contributed by atoms with Crippen LogP contribution in [0.25, 0.3) is 17.1 Å². The lowest BCUT2D eigenvalue weighted by Gasteiger charge is -2.04. The van der Waals surface area contributed by atoms with Gasteiger partial charge in [0.1, 0.15) is 0 Å². The highest BCUT2D eigenvalue weighted by Gasteiger charge is 2.14. The van der Waals surface area contributed by atoms with E-state index in [4.69, 9.17) is 16.0 Å². The molecule has 120 valence electrons. The third kappa shape index (κ3) is 2.95. The van der Waals surface area contributed by atoms with Crippen molar-refractivity contribution in [2.75, 3.05) is 0 Å². The van der Waals surface area contributed by atoms with Gasteiger partial charge in [0.2, 0.25) is 5.89 Å². The molecule has 0 aliphatic rings. The van der Waals surface area contributed by atoms with Crippen LogP contribution >= 0.6 is 11.6 Å². The van der Waals surface area contributed by atoms with Crippen molar-refractivity contribution in [3.63, 3.8) is 0 Å². The van der Waals surface area contributed by atoms with E-state index in [1.807, 2.05) is 0 Å². The van der Waals surface area contributed by atoms with Crippen LogP contribution in [0.3, 0.4) is 0 Å². The number of nitrogens with zero attached hydrogens (tertiary/aromatic N) is 3. The second-order valence-electron chi connectivity index (χ2n) is 4.69. The Balaban J connectivity index is 2.15. The lowest BCUT2D eigenvalue weighted by atomic mass is 10.2. The SMILES string of the molecule is O=c1nc(-c2cccc([N+](=O)[O-])c2)oc(=O)n1-c1cccc(Cl)c1. The molecule has 0 spiro atoms. The lowest BCUT2D eigenvalue weighted by Crippen LogP contribution is -2.33. The van der Waals surface area contributed by atoms with Crippen molar-refractivity contribution < 1.29 is 9.34 Å². The van der Waals surface area contributed by atoms with E-state index in [2.05, 4.69) is 4.98 Å². The number of aromatic nitrogens is 2. The molecule has 24 heavy (non-hydrogen) atoms. The third-order valence-electron chi connectivity index (χ3n) is 3.13. The van der Waals surface area contributed by atoms with Crippen molar-refractivity contribution >= 4 is 17.3 Å². The first kappa shape index (κ1) is 15.6. The van der Waals surface area contributed by atoms with E-state index < -0.39 is 16.4 Å². The summed E-state index contributed by atoms with van der Waals surface area (Å²) in [5.41, 5.74) is -0.734.